The highest BCUT2D eigenvalue weighted by molar-refractivity contribution is 6.00. The summed E-state index contributed by atoms with van der Waals surface area (Å²) in [4.78, 5) is 16.8. The van der Waals surface area contributed by atoms with Crippen LogP contribution in [0.3, 0.4) is 0 Å². The SMILES string of the molecule is C[C@H](CCN)NC(=O)c1cnc2c(-c3ccc(C(F)(F)F)cc3)cccc2c1. The van der Waals surface area contributed by atoms with Crippen LogP contribution in [0.1, 0.15) is 29.3 Å². The number of carbonyl (C=O) groups excluding carboxylic acids is 1. The van der Waals surface area contributed by atoms with Crippen LogP contribution in [0.25, 0.3) is 22.0 Å². The van der Waals surface area contributed by atoms with Crippen molar-refractivity contribution >= 4 is 16.8 Å². The predicted molar refractivity (Wildman–Crippen MR) is 103 cm³/mol. The van der Waals surface area contributed by atoms with Crippen molar-refractivity contribution in [2.75, 3.05) is 6.54 Å². The number of amides is 1. The molecule has 1 amide bonds. The van der Waals surface area contributed by atoms with Crippen molar-refractivity contribution in [2.45, 2.75) is 25.6 Å². The second-order valence-electron chi connectivity index (χ2n) is 6.63. The molecule has 0 aliphatic rings. The molecule has 2 aromatic carbocycles. The maximum Gasteiger partial charge on any atom is 0.416 e. The largest absolute Gasteiger partial charge is 0.416 e. The number of halogens is 3. The third-order valence-electron chi connectivity index (χ3n) is 4.47. The Morgan fingerprint density at radius 3 is 2.54 bits per heavy atom. The molecule has 3 N–H and O–H groups in total. The lowest BCUT2D eigenvalue weighted by molar-refractivity contribution is -0.137. The summed E-state index contributed by atoms with van der Waals surface area (Å²) in [6.45, 7) is 2.36. The molecular formula is C21H20F3N3O. The molecule has 28 heavy (non-hydrogen) atoms. The summed E-state index contributed by atoms with van der Waals surface area (Å²) < 4.78 is 38.3. The highest BCUT2D eigenvalue weighted by atomic mass is 19.4. The molecule has 3 aromatic rings. The van der Waals surface area contributed by atoms with Crippen molar-refractivity contribution in [3.63, 3.8) is 0 Å². The molecule has 0 bridgehead atoms. The first-order valence-electron chi connectivity index (χ1n) is 8.87. The number of alkyl halides is 3. The number of nitrogens with one attached hydrogen (secondary N) is 1. The fraction of sp³-hybridized carbons (Fsp3) is 0.238. The average molecular weight is 387 g/mol. The van der Waals surface area contributed by atoms with E-state index >= 15 is 0 Å². The molecular weight excluding hydrogens is 367 g/mol. The van der Waals surface area contributed by atoms with Gasteiger partial charge in [-0.2, -0.15) is 13.2 Å². The molecule has 0 saturated heterocycles. The molecule has 146 valence electrons. The van der Waals surface area contributed by atoms with E-state index in [9.17, 15) is 18.0 Å². The summed E-state index contributed by atoms with van der Waals surface area (Å²) in [6.07, 6.45) is -2.23. The van der Waals surface area contributed by atoms with Crippen LogP contribution in [-0.2, 0) is 6.18 Å². The van der Waals surface area contributed by atoms with Gasteiger partial charge in [0.1, 0.15) is 0 Å². The molecule has 1 heterocycles. The number of carbonyl (C=O) groups is 1. The first kappa shape index (κ1) is 19.8. The van der Waals surface area contributed by atoms with Crippen molar-refractivity contribution in [1.29, 1.82) is 0 Å². The van der Waals surface area contributed by atoms with Crippen LogP contribution in [0, 0.1) is 0 Å². The van der Waals surface area contributed by atoms with E-state index in [1.807, 2.05) is 13.0 Å². The van der Waals surface area contributed by atoms with Gasteiger partial charge in [-0.25, -0.2) is 0 Å². The Hall–Kier alpha value is -2.93. The topological polar surface area (TPSA) is 68.0 Å². The molecule has 0 unspecified atom stereocenters. The van der Waals surface area contributed by atoms with Crippen molar-refractivity contribution < 1.29 is 18.0 Å². The van der Waals surface area contributed by atoms with E-state index in [0.717, 1.165) is 17.5 Å². The Balaban J connectivity index is 1.93. The zero-order valence-electron chi connectivity index (χ0n) is 15.3. The number of hydrogen-bond donors (Lipinski definition) is 2. The summed E-state index contributed by atoms with van der Waals surface area (Å²) in [5.74, 6) is -0.240. The van der Waals surface area contributed by atoms with E-state index in [0.29, 0.717) is 35.2 Å². The molecule has 4 nitrogen and oxygen atoms in total. The molecule has 0 fully saturated rings. The average Bonchev–Trinajstić information content (AvgIpc) is 2.66. The molecule has 0 aliphatic heterocycles. The van der Waals surface area contributed by atoms with Crippen LogP contribution in [0.4, 0.5) is 13.2 Å². The van der Waals surface area contributed by atoms with E-state index in [2.05, 4.69) is 10.3 Å². The van der Waals surface area contributed by atoms with Crippen LogP contribution in [-0.4, -0.2) is 23.5 Å². The van der Waals surface area contributed by atoms with Gasteiger partial charge in [0.05, 0.1) is 16.6 Å². The van der Waals surface area contributed by atoms with Gasteiger partial charge in [-0.1, -0.05) is 30.3 Å². The zero-order chi connectivity index (χ0) is 20.3. The minimum absolute atomic E-state index is 0.0494. The first-order valence-corrected chi connectivity index (χ1v) is 8.87. The van der Waals surface area contributed by atoms with E-state index < -0.39 is 11.7 Å². The summed E-state index contributed by atoms with van der Waals surface area (Å²) in [6, 6.07) is 12.0. The Kier molecular flexibility index (Phi) is 5.65. The fourth-order valence-corrected chi connectivity index (χ4v) is 2.99. The summed E-state index contributed by atoms with van der Waals surface area (Å²) in [7, 11) is 0. The Morgan fingerprint density at radius 2 is 1.89 bits per heavy atom. The molecule has 7 heteroatoms. The van der Waals surface area contributed by atoms with Gasteiger partial charge in [0.25, 0.3) is 5.91 Å². The van der Waals surface area contributed by atoms with Crippen LogP contribution in [0.2, 0.25) is 0 Å². The van der Waals surface area contributed by atoms with Gasteiger partial charge in [0.15, 0.2) is 0 Å². The molecule has 1 atom stereocenters. The number of nitrogens with zero attached hydrogens (tertiary/aromatic N) is 1. The van der Waals surface area contributed by atoms with Crippen molar-refractivity contribution in [3.8, 4) is 11.1 Å². The number of hydrogen-bond acceptors (Lipinski definition) is 3. The minimum Gasteiger partial charge on any atom is -0.349 e. The van der Waals surface area contributed by atoms with Gasteiger partial charge in [-0.3, -0.25) is 9.78 Å². The Morgan fingerprint density at radius 1 is 1.18 bits per heavy atom. The fourth-order valence-electron chi connectivity index (χ4n) is 2.99. The van der Waals surface area contributed by atoms with Crippen molar-refractivity contribution in [2.24, 2.45) is 5.73 Å². The normalized spacial score (nSPS) is 12.8. The number of rotatable bonds is 5. The summed E-state index contributed by atoms with van der Waals surface area (Å²) in [5.41, 5.74) is 7.16. The number of benzene rings is 2. The van der Waals surface area contributed by atoms with Crippen LogP contribution in [0.5, 0.6) is 0 Å². The maximum absolute atomic E-state index is 12.8. The van der Waals surface area contributed by atoms with Gasteiger partial charge in [0.2, 0.25) is 0 Å². The molecule has 0 radical (unpaired) electrons. The maximum atomic E-state index is 12.8. The quantitative estimate of drug-likeness (QED) is 0.682. The van der Waals surface area contributed by atoms with E-state index in [-0.39, 0.29) is 11.9 Å². The van der Waals surface area contributed by atoms with E-state index in [1.165, 1.54) is 18.3 Å². The number of para-hydroxylation sites is 1. The van der Waals surface area contributed by atoms with Gasteiger partial charge in [-0.05, 0) is 43.7 Å². The van der Waals surface area contributed by atoms with Crippen LogP contribution in [0.15, 0.2) is 54.7 Å². The van der Waals surface area contributed by atoms with Gasteiger partial charge in [-0.15, -0.1) is 0 Å². The lowest BCUT2D eigenvalue weighted by Gasteiger charge is -2.13. The Bertz CT molecular complexity index is 984. The lowest BCUT2D eigenvalue weighted by atomic mass is 10.00. The molecule has 0 aliphatic carbocycles. The Labute approximate surface area is 160 Å². The second-order valence-corrected chi connectivity index (χ2v) is 6.63. The van der Waals surface area contributed by atoms with Gasteiger partial charge < -0.3 is 11.1 Å². The van der Waals surface area contributed by atoms with Crippen LogP contribution >= 0.6 is 0 Å². The predicted octanol–water partition coefficient (Wildman–Crippen LogP) is 4.39. The summed E-state index contributed by atoms with van der Waals surface area (Å²) >= 11 is 0. The minimum atomic E-state index is -4.38. The zero-order valence-corrected chi connectivity index (χ0v) is 15.3. The number of fused-ring (bicyclic) bond motifs is 1. The van der Waals surface area contributed by atoms with E-state index in [1.54, 1.807) is 18.2 Å². The molecule has 0 spiro atoms. The van der Waals surface area contributed by atoms with E-state index in [4.69, 9.17) is 5.73 Å². The number of aromatic nitrogens is 1. The molecule has 0 saturated carbocycles. The van der Waals surface area contributed by atoms with Crippen molar-refractivity contribution in [3.05, 3.63) is 65.9 Å². The third kappa shape index (κ3) is 4.31. The standard InChI is InChI=1S/C21H20F3N3O/c1-13(9-10-25)27-20(28)16-11-15-3-2-4-18(19(15)26-12-16)14-5-7-17(8-6-14)21(22,23)24/h2-8,11-13H,9-10,25H2,1H3,(H,27,28)/t13-/m1/s1. The highest BCUT2D eigenvalue weighted by Crippen LogP contribution is 2.32. The molecule has 1 aromatic heterocycles. The number of pyridine rings is 1. The van der Waals surface area contributed by atoms with Crippen LogP contribution < -0.4 is 11.1 Å². The van der Waals surface area contributed by atoms with Crippen molar-refractivity contribution in [1.82, 2.24) is 10.3 Å². The summed E-state index contributed by atoms with van der Waals surface area (Å²) in [5, 5.41) is 3.60. The highest BCUT2D eigenvalue weighted by Gasteiger charge is 2.30. The van der Waals surface area contributed by atoms with Gasteiger partial charge >= 0.3 is 6.18 Å². The molecule has 3 rings (SSSR count). The lowest BCUT2D eigenvalue weighted by Crippen LogP contribution is -2.34. The first-order chi connectivity index (χ1) is 13.3. The third-order valence-corrected chi connectivity index (χ3v) is 4.47. The van der Waals surface area contributed by atoms with Gasteiger partial charge in [0, 0.05) is 23.2 Å². The number of nitrogens with two attached hydrogens (primary N) is 1. The smallest absolute Gasteiger partial charge is 0.349 e. The second kappa shape index (κ2) is 7.98. The monoisotopic (exact) mass is 387 g/mol.